The van der Waals surface area contributed by atoms with Crippen LogP contribution in [0.2, 0.25) is 0 Å². The van der Waals surface area contributed by atoms with Crippen LogP contribution >= 0.6 is 11.8 Å². The molecule has 0 saturated heterocycles. The van der Waals surface area contributed by atoms with Crippen LogP contribution in [0.15, 0.2) is 17.6 Å². The lowest BCUT2D eigenvalue weighted by Gasteiger charge is -2.05. The summed E-state index contributed by atoms with van der Waals surface area (Å²) in [5.41, 5.74) is 0.542. The van der Waals surface area contributed by atoms with Crippen molar-refractivity contribution >= 4 is 18.0 Å². The number of aldehydes is 1. The molecule has 1 heterocycles. The summed E-state index contributed by atoms with van der Waals surface area (Å²) < 4.78 is 0. The van der Waals surface area contributed by atoms with Crippen molar-refractivity contribution in [3.63, 3.8) is 0 Å². The zero-order valence-corrected chi connectivity index (χ0v) is 8.67. The molecule has 3 nitrogen and oxygen atoms in total. The molecule has 1 aliphatic rings. The Labute approximate surface area is 87.3 Å². The maximum Gasteiger partial charge on any atom is 0.187 e. The van der Waals surface area contributed by atoms with Gasteiger partial charge in [0.2, 0.25) is 0 Å². The van der Waals surface area contributed by atoms with E-state index in [9.17, 15) is 4.79 Å². The maximum absolute atomic E-state index is 10.4. The molecule has 0 amide bonds. The lowest BCUT2D eigenvalue weighted by atomic mass is 10.4. The summed E-state index contributed by atoms with van der Waals surface area (Å²) in [6.45, 7) is 0. The smallest absolute Gasteiger partial charge is 0.187 e. The Morgan fingerprint density at radius 3 is 2.50 bits per heavy atom. The van der Waals surface area contributed by atoms with E-state index in [0.717, 1.165) is 11.4 Å². The summed E-state index contributed by atoms with van der Waals surface area (Å²) >= 11 is 1.73. The SMILES string of the molecule is O=Cc1cnc(SC2CCCC2)nc1. The molecule has 1 fully saturated rings. The Morgan fingerprint density at radius 2 is 1.93 bits per heavy atom. The Hall–Kier alpha value is -0.900. The molecule has 14 heavy (non-hydrogen) atoms. The minimum Gasteiger partial charge on any atom is -0.298 e. The fraction of sp³-hybridized carbons (Fsp3) is 0.500. The van der Waals surface area contributed by atoms with E-state index in [1.54, 1.807) is 24.2 Å². The van der Waals surface area contributed by atoms with E-state index in [0.29, 0.717) is 10.8 Å². The molecule has 0 aromatic carbocycles. The van der Waals surface area contributed by atoms with E-state index < -0.39 is 0 Å². The van der Waals surface area contributed by atoms with Gasteiger partial charge in [0.25, 0.3) is 0 Å². The fourth-order valence-corrected chi connectivity index (χ4v) is 2.70. The second-order valence-electron chi connectivity index (χ2n) is 3.44. The van der Waals surface area contributed by atoms with Crippen LogP contribution < -0.4 is 0 Å². The van der Waals surface area contributed by atoms with Crippen molar-refractivity contribution in [2.24, 2.45) is 0 Å². The van der Waals surface area contributed by atoms with Crippen LogP contribution in [0.1, 0.15) is 36.0 Å². The van der Waals surface area contributed by atoms with Gasteiger partial charge >= 0.3 is 0 Å². The van der Waals surface area contributed by atoms with Gasteiger partial charge in [0.05, 0.1) is 5.56 Å². The van der Waals surface area contributed by atoms with Gasteiger partial charge in [0.1, 0.15) is 0 Å². The van der Waals surface area contributed by atoms with Crippen molar-refractivity contribution in [2.45, 2.75) is 36.1 Å². The first-order chi connectivity index (χ1) is 6.88. The molecule has 2 rings (SSSR count). The largest absolute Gasteiger partial charge is 0.298 e. The molecule has 0 radical (unpaired) electrons. The zero-order chi connectivity index (χ0) is 9.80. The Kier molecular flexibility index (Phi) is 3.14. The molecule has 0 aliphatic heterocycles. The van der Waals surface area contributed by atoms with Gasteiger partial charge in [-0.15, -0.1) is 0 Å². The van der Waals surface area contributed by atoms with E-state index >= 15 is 0 Å². The highest BCUT2D eigenvalue weighted by atomic mass is 32.2. The molecule has 0 spiro atoms. The van der Waals surface area contributed by atoms with Gasteiger partial charge in [0.15, 0.2) is 11.4 Å². The number of hydrogen-bond donors (Lipinski definition) is 0. The van der Waals surface area contributed by atoms with E-state index in [1.807, 2.05) is 0 Å². The number of thioether (sulfide) groups is 1. The molecule has 0 atom stereocenters. The van der Waals surface area contributed by atoms with Crippen LogP contribution in [-0.4, -0.2) is 21.5 Å². The topological polar surface area (TPSA) is 42.9 Å². The number of aromatic nitrogens is 2. The standard InChI is InChI=1S/C10H12N2OS/c13-7-8-5-11-10(12-6-8)14-9-3-1-2-4-9/h5-7,9H,1-4H2. The third kappa shape index (κ3) is 2.32. The quantitative estimate of drug-likeness (QED) is 0.564. The average molecular weight is 208 g/mol. The Bertz CT molecular complexity index is 306. The van der Waals surface area contributed by atoms with Gasteiger partial charge in [-0.1, -0.05) is 24.6 Å². The zero-order valence-electron chi connectivity index (χ0n) is 7.85. The number of rotatable bonds is 3. The van der Waals surface area contributed by atoms with Crippen molar-refractivity contribution in [3.05, 3.63) is 18.0 Å². The van der Waals surface area contributed by atoms with Crippen molar-refractivity contribution in [3.8, 4) is 0 Å². The molecule has 4 heteroatoms. The maximum atomic E-state index is 10.4. The third-order valence-electron chi connectivity index (χ3n) is 2.36. The molecule has 0 N–H and O–H groups in total. The molecular weight excluding hydrogens is 196 g/mol. The fourth-order valence-electron chi connectivity index (χ4n) is 1.60. The summed E-state index contributed by atoms with van der Waals surface area (Å²) in [5, 5.41) is 1.47. The third-order valence-corrected chi connectivity index (χ3v) is 3.58. The molecule has 1 aliphatic carbocycles. The molecule has 1 aromatic heterocycles. The van der Waals surface area contributed by atoms with Crippen LogP contribution in [0, 0.1) is 0 Å². The molecular formula is C10H12N2OS. The second kappa shape index (κ2) is 4.55. The average Bonchev–Trinajstić information content (AvgIpc) is 2.72. The van der Waals surface area contributed by atoms with Crippen LogP contribution in [0.5, 0.6) is 0 Å². The lowest BCUT2D eigenvalue weighted by molar-refractivity contribution is 0.112. The van der Waals surface area contributed by atoms with Gasteiger partial charge in [-0.2, -0.15) is 0 Å². The lowest BCUT2D eigenvalue weighted by Crippen LogP contribution is -1.97. The highest BCUT2D eigenvalue weighted by molar-refractivity contribution is 7.99. The molecule has 0 bridgehead atoms. The summed E-state index contributed by atoms with van der Waals surface area (Å²) in [6.07, 6.45) is 9.11. The molecule has 1 aromatic rings. The number of carbonyl (C=O) groups excluding carboxylic acids is 1. The van der Waals surface area contributed by atoms with Crippen LogP contribution in [0.25, 0.3) is 0 Å². The van der Waals surface area contributed by atoms with Crippen LogP contribution in [-0.2, 0) is 0 Å². The second-order valence-corrected chi connectivity index (χ2v) is 4.71. The van der Waals surface area contributed by atoms with Crippen molar-refractivity contribution in [1.29, 1.82) is 0 Å². The molecule has 0 unspecified atom stereocenters. The number of hydrogen-bond acceptors (Lipinski definition) is 4. The summed E-state index contributed by atoms with van der Waals surface area (Å²) in [5.74, 6) is 0. The predicted molar refractivity (Wildman–Crippen MR) is 55.5 cm³/mol. The van der Waals surface area contributed by atoms with Crippen molar-refractivity contribution in [1.82, 2.24) is 9.97 Å². The van der Waals surface area contributed by atoms with Gasteiger partial charge in [-0.05, 0) is 12.8 Å². The summed E-state index contributed by atoms with van der Waals surface area (Å²) in [7, 11) is 0. The van der Waals surface area contributed by atoms with Gasteiger partial charge in [-0.25, -0.2) is 9.97 Å². The number of carbonyl (C=O) groups is 1. The van der Waals surface area contributed by atoms with Crippen LogP contribution in [0.3, 0.4) is 0 Å². The van der Waals surface area contributed by atoms with Crippen LogP contribution in [0.4, 0.5) is 0 Å². The molecule has 1 saturated carbocycles. The first-order valence-electron chi connectivity index (χ1n) is 4.82. The summed E-state index contributed by atoms with van der Waals surface area (Å²) in [4.78, 5) is 18.6. The van der Waals surface area contributed by atoms with E-state index in [2.05, 4.69) is 9.97 Å². The predicted octanol–water partition coefficient (Wildman–Crippen LogP) is 2.32. The highest BCUT2D eigenvalue weighted by Gasteiger charge is 2.17. The molecule has 74 valence electrons. The van der Waals surface area contributed by atoms with Gasteiger partial charge in [0, 0.05) is 17.6 Å². The minimum absolute atomic E-state index is 0.542. The first kappa shape index (κ1) is 9.65. The Balaban J connectivity index is 1.98. The highest BCUT2D eigenvalue weighted by Crippen LogP contribution is 2.32. The normalized spacial score (nSPS) is 17.1. The van der Waals surface area contributed by atoms with Crippen molar-refractivity contribution < 1.29 is 4.79 Å². The van der Waals surface area contributed by atoms with E-state index in [4.69, 9.17) is 0 Å². The van der Waals surface area contributed by atoms with E-state index in [-0.39, 0.29) is 0 Å². The summed E-state index contributed by atoms with van der Waals surface area (Å²) in [6, 6.07) is 0. The van der Waals surface area contributed by atoms with E-state index in [1.165, 1.54) is 25.7 Å². The first-order valence-corrected chi connectivity index (χ1v) is 5.70. The number of nitrogens with zero attached hydrogens (tertiary/aromatic N) is 2. The van der Waals surface area contributed by atoms with Gasteiger partial charge < -0.3 is 0 Å². The Morgan fingerprint density at radius 1 is 1.29 bits per heavy atom. The van der Waals surface area contributed by atoms with Crippen molar-refractivity contribution in [2.75, 3.05) is 0 Å². The minimum atomic E-state index is 0.542. The van der Waals surface area contributed by atoms with Gasteiger partial charge in [-0.3, -0.25) is 4.79 Å². The monoisotopic (exact) mass is 208 g/mol.